The molecule has 162 valence electrons. The molecule has 1 heterocycles. The molecule has 0 unspecified atom stereocenters. The number of guanidine groups is 1. The highest BCUT2D eigenvalue weighted by Crippen LogP contribution is 2.30. The molecule has 7 nitrogen and oxygen atoms in total. The Morgan fingerprint density at radius 1 is 1.24 bits per heavy atom. The summed E-state index contributed by atoms with van der Waals surface area (Å²) in [5.74, 6) is 0.586. The Balaban J connectivity index is 0.00000420. The van der Waals surface area contributed by atoms with Gasteiger partial charge in [-0.15, -0.1) is 24.0 Å². The second kappa shape index (κ2) is 11.0. The minimum Gasteiger partial charge on any atom is -0.356 e. The van der Waals surface area contributed by atoms with Gasteiger partial charge in [0.25, 0.3) is 0 Å². The predicted molar refractivity (Wildman–Crippen MR) is 114 cm³/mol. The second-order valence-electron chi connectivity index (χ2n) is 6.41. The van der Waals surface area contributed by atoms with Crippen LogP contribution >= 0.6 is 24.0 Å². The van der Waals surface area contributed by atoms with E-state index in [2.05, 4.69) is 15.6 Å². The predicted octanol–water partition coefficient (Wildman–Crippen LogP) is 2.40. The molecule has 0 aromatic heterocycles. The highest BCUT2D eigenvalue weighted by atomic mass is 127. The van der Waals surface area contributed by atoms with Crippen LogP contribution in [0.15, 0.2) is 29.3 Å². The summed E-state index contributed by atoms with van der Waals surface area (Å²) in [6.07, 6.45) is 0.684. The Morgan fingerprint density at radius 2 is 1.83 bits per heavy atom. The first-order chi connectivity index (χ1) is 13.2. The maximum absolute atomic E-state index is 12.6. The lowest BCUT2D eigenvalue weighted by Crippen LogP contribution is -2.47. The molecule has 2 rings (SSSR count). The van der Waals surface area contributed by atoms with E-state index in [-0.39, 0.29) is 43.0 Å². The largest absolute Gasteiger partial charge is 0.511 e. The molecule has 2 N–H and O–H groups in total. The van der Waals surface area contributed by atoms with Gasteiger partial charge in [0.15, 0.2) is 5.96 Å². The maximum Gasteiger partial charge on any atom is 0.511 e. The third-order valence-electron chi connectivity index (χ3n) is 4.53. The lowest BCUT2D eigenvalue weighted by Gasteiger charge is -2.31. The summed E-state index contributed by atoms with van der Waals surface area (Å²) in [6, 6.07) is 9.14. The zero-order chi connectivity index (χ0) is 20.8. The molecule has 1 aromatic rings. The number of rotatable bonds is 5. The molecule has 1 saturated heterocycles. The van der Waals surface area contributed by atoms with Crippen molar-refractivity contribution < 1.29 is 21.6 Å². The summed E-state index contributed by atoms with van der Waals surface area (Å²) >= 11 is 0. The minimum absolute atomic E-state index is 0. The molecule has 12 heteroatoms. The Morgan fingerprint density at radius 3 is 2.31 bits per heavy atom. The molecule has 1 aromatic carbocycles. The van der Waals surface area contributed by atoms with Gasteiger partial charge >= 0.3 is 15.5 Å². The van der Waals surface area contributed by atoms with Gasteiger partial charge in [-0.05, 0) is 36.5 Å². The van der Waals surface area contributed by atoms with Crippen molar-refractivity contribution in [2.75, 3.05) is 26.7 Å². The number of halogens is 4. The molecule has 1 fully saturated rings. The molecule has 29 heavy (non-hydrogen) atoms. The molecular weight excluding hydrogens is 522 g/mol. The average molecular weight is 545 g/mol. The number of hydrogen-bond acceptors (Lipinski definition) is 4. The number of piperidine rings is 1. The summed E-state index contributed by atoms with van der Waals surface area (Å²) < 4.78 is 61.2. The van der Waals surface area contributed by atoms with Crippen LogP contribution in [0.1, 0.15) is 24.0 Å². The van der Waals surface area contributed by atoms with E-state index in [1.165, 1.54) is 0 Å². The molecule has 0 bridgehead atoms. The number of nitriles is 1. The standard InChI is InChI=1S/C17H22F3N5O2S.HI/c1-22-16(23-11-14-4-2-13(10-21)3-5-14)24-12-15-6-8-25(9-7-15)28(26,27)17(18,19)20;/h2-5,15H,6-9,11-12H2,1H3,(H2,22,23,24);1H. The Hall–Kier alpha value is -1.59. The van der Waals surface area contributed by atoms with Crippen molar-refractivity contribution in [1.29, 1.82) is 5.26 Å². The van der Waals surface area contributed by atoms with E-state index in [4.69, 9.17) is 5.26 Å². The highest BCUT2D eigenvalue weighted by Gasteiger charge is 2.50. The fourth-order valence-corrected chi connectivity index (χ4v) is 3.83. The lowest BCUT2D eigenvalue weighted by molar-refractivity contribution is -0.0496. The van der Waals surface area contributed by atoms with Gasteiger partial charge in [-0.25, -0.2) is 8.42 Å². The quantitative estimate of drug-likeness (QED) is 0.337. The van der Waals surface area contributed by atoms with Gasteiger partial charge in [0.1, 0.15) is 0 Å². The van der Waals surface area contributed by atoms with E-state index < -0.39 is 15.5 Å². The lowest BCUT2D eigenvalue weighted by atomic mass is 9.98. The molecule has 0 spiro atoms. The molecule has 0 amide bonds. The van der Waals surface area contributed by atoms with Gasteiger partial charge in [-0.2, -0.15) is 22.7 Å². The topological polar surface area (TPSA) is 97.6 Å². The second-order valence-corrected chi connectivity index (χ2v) is 8.34. The van der Waals surface area contributed by atoms with Crippen LogP contribution in [0, 0.1) is 17.2 Å². The van der Waals surface area contributed by atoms with E-state index in [0.29, 0.717) is 41.8 Å². The first-order valence-corrected chi connectivity index (χ1v) is 10.1. The van der Waals surface area contributed by atoms with Crippen molar-refractivity contribution in [3.8, 4) is 6.07 Å². The van der Waals surface area contributed by atoms with E-state index in [1.54, 1.807) is 19.2 Å². The molecule has 1 aliphatic rings. The molecule has 0 radical (unpaired) electrons. The van der Waals surface area contributed by atoms with Crippen LogP contribution in [0.2, 0.25) is 0 Å². The number of nitrogens with zero attached hydrogens (tertiary/aromatic N) is 3. The normalized spacial score (nSPS) is 16.6. The fraction of sp³-hybridized carbons (Fsp3) is 0.529. The average Bonchev–Trinajstić information content (AvgIpc) is 2.68. The first-order valence-electron chi connectivity index (χ1n) is 8.67. The van der Waals surface area contributed by atoms with Gasteiger partial charge in [0, 0.05) is 33.2 Å². The van der Waals surface area contributed by atoms with Crippen LogP contribution in [0.5, 0.6) is 0 Å². The fourth-order valence-electron chi connectivity index (χ4n) is 2.84. The van der Waals surface area contributed by atoms with E-state index in [9.17, 15) is 21.6 Å². The molecule has 0 aliphatic carbocycles. The van der Waals surface area contributed by atoms with Crippen LogP contribution in [-0.2, 0) is 16.6 Å². The van der Waals surface area contributed by atoms with Gasteiger partial charge in [0.05, 0.1) is 11.6 Å². The third-order valence-corrected chi connectivity index (χ3v) is 6.16. The summed E-state index contributed by atoms with van der Waals surface area (Å²) in [5.41, 5.74) is -3.71. The maximum atomic E-state index is 12.6. The van der Waals surface area contributed by atoms with Crippen molar-refractivity contribution in [2.24, 2.45) is 10.9 Å². The van der Waals surface area contributed by atoms with Crippen molar-refractivity contribution in [3.05, 3.63) is 35.4 Å². The van der Waals surface area contributed by atoms with E-state index in [1.807, 2.05) is 18.2 Å². The highest BCUT2D eigenvalue weighted by molar-refractivity contribution is 14.0. The number of nitrogens with one attached hydrogen (secondary N) is 2. The zero-order valence-corrected chi connectivity index (χ0v) is 18.9. The summed E-state index contributed by atoms with van der Waals surface area (Å²) in [5, 5.41) is 15.0. The van der Waals surface area contributed by atoms with Crippen LogP contribution in [0.4, 0.5) is 13.2 Å². The van der Waals surface area contributed by atoms with Crippen LogP contribution in [0.3, 0.4) is 0 Å². The number of sulfonamides is 1. The Kier molecular flexibility index (Phi) is 9.63. The smallest absolute Gasteiger partial charge is 0.356 e. The molecule has 1 aliphatic heterocycles. The minimum atomic E-state index is -5.25. The van der Waals surface area contributed by atoms with Crippen molar-refractivity contribution >= 4 is 40.0 Å². The monoisotopic (exact) mass is 545 g/mol. The molecular formula is C17H23F3IN5O2S. The summed E-state index contributed by atoms with van der Waals surface area (Å²) in [6.45, 7) is 0.678. The van der Waals surface area contributed by atoms with Crippen LogP contribution < -0.4 is 10.6 Å². The van der Waals surface area contributed by atoms with Gasteiger partial charge in [0.2, 0.25) is 0 Å². The van der Waals surface area contributed by atoms with Crippen molar-refractivity contribution in [2.45, 2.75) is 24.9 Å². The van der Waals surface area contributed by atoms with Crippen LogP contribution in [0.25, 0.3) is 0 Å². The number of hydrogen-bond donors (Lipinski definition) is 2. The van der Waals surface area contributed by atoms with E-state index in [0.717, 1.165) is 5.56 Å². The van der Waals surface area contributed by atoms with Gasteiger partial charge < -0.3 is 10.6 Å². The van der Waals surface area contributed by atoms with Crippen molar-refractivity contribution in [1.82, 2.24) is 14.9 Å². The summed E-state index contributed by atoms with van der Waals surface area (Å²) in [4.78, 5) is 4.09. The summed E-state index contributed by atoms with van der Waals surface area (Å²) in [7, 11) is -3.64. The number of alkyl halides is 3. The molecule has 0 saturated carbocycles. The first kappa shape index (κ1) is 25.4. The molecule has 0 atom stereocenters. The SMILES string of the molecule is CN=C(NCc1ccc(C#N)cc1)NCC1CCN(S(=O)(=O)C(F)(F)F)CC1.I. The van der Waals surface area contributed by atoms with Gasteiger partial charge in [-0.3, -0.25) is 4.99 Å². The van der Waals surface area contributed by atoms with Gasteiger partial charge in [-0.1, -0.05) is 12.1 Å². The van der Waals surface area contributed by atoms with E-state index >= 15 is 0 Å². The zero-order valence-electron chi connectivity index (χ0n) is 15.7. The van der Waals surface area contributed by atoms with Crippen molar-refractivity contribution in [3.63, 3.8) is 0 Å². The van der Waals surface area contributed by atoms with Crippen LogP contribution in [-0.4, -0.2) is 50.9 Å². The Bertz CT molecular complexity index is 830. The number of aliphatic imine (C=N–C) groups is 1. The Labute approximate surface area is 185 Å². The third kappa shape index (κ3) is 7.00. The number of benzene rings is 1.